The van der Waals surface area contributed by atoms with Crippen molar-refractivity contribution >= 4 is 22.9 Å². The molecule has 0 spiro atoms. The lowest BCUT2D eigenvalue weighted by Gasteiger charge is -2.15. The molecule has 4 heteroatoms. The van der Waals surface area contributed by atoms with Crippen molar-refractivity contribution in [3.63, 3.8) is 0 Å². The largest absolute Gasteiger partial charge is 0.325 e. The van der Waals surface area contributed by atoms with E-state index in [1.54, 1.807) is 11.3 Å². The maximum absolute atomic E-state index is 12.1. The molecule has 20 heavy (non-hydrogen) atoms. The molecule has 3 nitrogen and oxygen atoms in total. The summed E-state index contributed by atoms with van der Waals surface area (Å²) in [5, 5.41) is 5.10. The minimum absolute atomic E-state index is 0.0662. The zero-order valence-electron chi connectivity index (χ0n) is 12.2. The van der Waals surface area contributed by atoms with Crippen molar-refractivity contribution in [3.05, 3.63) is 51.7 Å². The zero-order valence-corrected chi connectivity index (χ0v) is 13.0. The minimum atomic E-state index is 0.0662. The van der Waals surface area contributed by atoms with Gasteiger partial charge in [-0.2, -0.15) is 0 Å². The van der Waals surface area contributed by atoms with Crippen LogP contribution in [0.5, 0.6) is 0 Å². The van der Waals surface area contributed by atoms with Crippen molar-refractivity contribution in [3.8, 4) is 0 Å². The molecule has 1 aromatic carbocycles. The molecule has 0 bridgehead atoms. The van der Waals surface area contributed by atoms with Crippen LogP contribution in [-0.2, 0) is 11.3 Å². The normalized spacial score (nSPS) is 12.2. The molecular weight excluding hydrogens is 268 g/mol. The summed E-state index contributed by atoms with van der Waals surface area (Å²) in [4.78, 5) is 14.6. The first-order valence-corrected chi connectivity index (χ1v) is 7.64. The van der Waals surface area contributed by atoms with Crippen LogP contribution in [-0.4, -0.2) is 19.5 Å². The van der Waals surface area contributed by atoms with Gasteiger partial charge in [0.2, 0.25) is 0 Å². The average Bonchev–Trinajstić information content (AvgIpc) is 2.86. The van der Waals surface area contributed by atoms with Gasteiger partial charge in [0, 0.05) is 5.69 Å². The molecule has 0 saturated carbocycles. The van der Waals surface area contributed by atoms with Gasteiger partial charge in [0.1, 0.15) is 6.54 Å². The van der Waals surface area contributed by atoms with Crippen molar-refractivity contribution in [2.45, 2.75) is 20.4 Å². The Hall–Kier alpha value is -1.65. The lowest BCUT2D eigenvalue weighted by atomic mass is 10.1. The molecule has 1 amide bonds. The van der Waals surface area contributed by atoms with Crippen molar-refractivity contribution in [2.24, 2.45) is 0 Å². The number of para-hydroxylation sites is 1. The zero-order chi connectivity index (χ0) is 14.5. The Balaban J connectivity index is 1.92. The van der Waals surface area contributed by atoms with Crippen LogP contribution in [0.2, 0.25) is 0 Å². The highest BCUT2D eigenvalue weighted by Gasteiger charge is 2.13. The second kappa shape index (κ2) is 6.68. The third kappa shape index (κ3) is 3.92. The first kappa shape index (κ1) is 14.8. The van der Waals surface area contributed by atoms with Crippen LogP contribution in [0.15, 0.2) is 35.7 Å². The number of carbonyl (C=O) groups excluding carboxylic acids is 1. The SMILES string of the molecule is Cc1cccc(C)c1NC(=O)C[NH+](C)Cc1cccs1. The molecule has 0 aliphatic heterocycles. The van der Waals surface area contributed by atoms with Gasteiger partial charge >= 0.3 is 0 Å². The van der Waals surface area contributed by atoms with Gasteiger partial charge in [-0.05, 0) is 36.4 Å². The monoisotopic (exact) mass is 289 g/mol. The van der Waals surface area contributed by atoms with Gasteiger partial charge in [0.05, 0.1) is 11.9 Å². The predicted octanol–water partition coefficient (Wildman–Crippen LogP) is 2.02. The highest BCUT2D eigenvalue weighted by Crippen LogP contribution is 2.18. The van der Waals surface area contributed by atoms with Crippen LogP contribution in [0.4, 0.5) is 5.69 Å². The molecule has 1 aromatic heterocycles. The van der Waals surface area contributed by atoms with E-state index in [2.05, 4.69) is 16.8 Å². The summed E-state index contributed by atoms with van der Waals surface area (Å²) in [6, 6.07) is 10.2. The summed E-state index contributed by atoms with van der Waals surface area (Å²) in [6.07, 6.45) is 0. The van der Waals surface area contributed by atoms with E-state index in [0.29, 0.717) is 6.54 Å². The van der Waals surface area contributed by atoms with E-state index in [4.69, 9.17) is 0 Å². The number of amides is 1. The van der Waals surface area contributed by atoms with Crippen LogP contribution in [0.1, 0.15) is 16.0 Å². The molecule has 0 fully saturated rings. The molecule has 0 aliphatic carbocycles. The minimum Gasteiger partial charge on any atom is -0.325 e. The molecule has 1 unspecified atom stereocenters. The molecule has 0 radical (unpaired) electrons. The fraction of sp³-hybridized carbons (Fsp3) is 0.312. The Bertz CT molecular complexity index is 558. The number of benzene rings is 1. The van der Waals surface area contributed by atoms with E-state index >= 15 is 0 Å². The number of rotatable bonds is 5. The number of hydrogen-bond donors (Lipinski definition) is 2. The van der Waals surface area contributed by atoms with Gasteiger partial charge in [-0.25, -0.2) is 0 Å². The third-order valence-electron chi connectivity index (χ3n) is 3.26. The Kier molecular flexibility index (Phi) is 4.93. The summed E-state index contributed by atoms with van der Waals surface area (Å²) in [6.45, 7) is 5.40. The molecule has 1 heterocycles. The number of carbonyl (C=O) groups is 1. The van der Waals surface area contributed by atoms with E-state index in [0.717, 1.165) is 23.4 Å². The van der Waals surface area contributed by atoms with Gasteiger partial charge in [0.25, 0.3) is 5.91 Å². The van der Waals surface area contributed by atoms with Crippen molar-refractivity contribution in [2.75, 3.05) is 18.9 Å². The van der Waals surface area contributed by atoms with Crippen molar-refractivity contribution < 1.29 is 9.69 Å². The molecule has 0 saturated heterocycles. The molecule has 2 aromatic rings. The fourth-order valence-corrected chi connectivity index (χ4v) is 3.06. The van der Waals surface area contributed by atoms with Gasteiger partial charge in [0.15, 0.2) is 6.54 Å². The Morgan fingerprint density at radius 1 is 1.20 bits per heavy atom. The summed E-state index contributed by atoms with van der Waals surface area (Å²) in [5.41, 5.74) is 3.16. The topological polar surface area (TPSA) is 33.5 Å². The molecule has 2 N–H and O–H groups in total. The van der Waals surface area contributed by atoms with Crippen LogP contribution >= 0.6 is 11.3 Å². The number of quaternary nitrogens is 1. The lowest BCUT2D eigenvalue weighted by Crippen LogP contribution is -3.08. The number of anilines is 1. The summed E-state index contributed by atoms with van der Waals surface area (Å²) >= 11 is 1.73. The van der Waals surface area contributed by atoms with E-state index < -0.39 is 0 Å². The summed E-state index contributed by atoms with van der Waals surface area (Å²) in [5.74, 6) is 0.0662. The van der Waals surface area contributed by atoms with Crippen LogP contribution in [0.25, 0.3) is 0 Å². The molecule has 0 aliphatic rings. The van der Waals surface area contributed by atoms with E-state index in [-0.39, 0.29) is 5.91 Å². The average molecular weight is 289 g/mol. The summed E-state index contributed by atoms with van der Waals surface area (Å²) < 4.78 is 0. The Morgan fingerprint density at radius 3 is 2.50 bits per heavy atom. The molecule has 1 atom stereocenters. The highest BCUT2D eigenvalue weighted by atomic mass is 32.1. The maximum Gasteiger partial charge on any atom is 0.279 e. The van der Waals surface area contributed by atoms with Crippen molar-refractivity contribution in [1.29, 1.82) is 0 Å². The van der Waals surface area contributed by atoms with E-state index in [1.807, 2.05) is 45.2 Å². The number of hydrogen-bond acceptors (Lipinski definition) is 2. The van der Waals surface area contributed by atoms with Crippen LogP contribution in [0, 0.1) is 13.8 Å². The van der Waals surface area contributed by atoms with Gasteiger partial charge in [-0.1, -0.05) is 24.3 Å². The van der Waals surface area contributed by atoms with Crippen molar-refractivity contribution in [1.82, 2.24) is 0 Å². The van der Waals surface area contributed by atoms with E-state index in [9.17, 15) is 4.79 Å². The van der Waals surface area contributed by atoms with E-state index in [1.165, 1.54) is 9.78 Å². The van der Waals surface area contributed by atoms with Crippen LogP contribution < -0.4 is 10.2 Å². The second-order valence-electron chi connectivity index (χ2n) is 5.21. The van der Waals surface area contributed by atoms with Gasteiger partial charge < -0.3 is 10.2 Å². The second-order valence-corrected chi connectivity index (χ2v) is 6.24. The Morgan fingerprint density at radius 2 is 1.90 bits per heavy atom. The van der Waals surface area contributed by atoms with Gasteiger partial charge in [-0.15, -0.1) is 11.3 Å². The first-order chi connectivity index (χ1) is 9.56. The first-order valence-electron chi connectivity index (χ1n) is 6.76. The maximum atomic E-state index is 12.1. The molecule has 2 rings (SSSR count). The number of aryl methyl sites for hydroxylation is 2. The fourth-order valence-electron chi connectivity index (χ4n) is 2.24. The number of nitrogens with one attached hydrogen (secondary N) is 2. The standard InChI is InChI=1S/C16H20N2OS/c1-12-6-4-7-13(2)16(12)17-15(19)11-18(3)10-14-8-5-9-20-14/h4-9H,10-11H2,1-3H3,(H,17,19)/p+1. The quantitative estimate of drug-likeness (QED) is 0.867. The predicted molar refractivity (Wildman–Crippen MR) is 84.3 cm³/mol. The highest BCUT2D eigenvalue weighted by molar-refractivity contribution is 7.09. The third-order valence-corrected chi connectivity index (χ3v) is 4.14. The lowest BCUT2D eigenvalue weighted by molar-refractivity contribution is -0.884. The number of likely N-dealkylation sites (N-methyl/N-ethyl adjacent to an activating group) is 1. The summed E-state index contributed by atoms with van der Waals surface area (Å²) in [7, 11) is 2.05. The molecular formula is C16H21N2OS+. The van der Waals surface area contributed by atoms with Gasteiger partial charge in [-0.3, -0.25) is 4.79 Å². The van der Waals surface area contributed by atoms with Crippen LogP contribution in [0.3, 0.4) is 0 Å². The number of thiophene rings is 1. The Labute approximate surface area is 124 Å². The molecule has 106 valence electrons. The smallest absolute Gasteiger partial charge is 0.279 e.